The zero-order valence-corrected chi connectivity index (χ0v) is 13.9. The number of ketones is 1. The highest BCUT2D eigenvalue weighted by atomic mass is 16.1. The van der Waals surface area contributed by atoms with E-state index in [-0.39, 0.29) is 0 Å². The van der Waals surface area contributed by atoms with E-state index in [0.29, 0.717) is 11.2 Å². The van der Waals surface area contributed by atoms with Crippen LogP contribution in [0.1, 0.15) is 65.7 Å². The lowest BCUT2D eigenvalue weighted by atomic mass is 9.48. The Hall–Kier alpha value is -0.590. The molecule has 0 radical (unpaired) electrons. The third-order valence-electron chi connectivity index (χ3n) is 8.07. The van der Waals surface area contributed by atoms with Gasteiger partial charge in [-0.05, 0) is 85.5 Å². The van der Waals surface area contributed by atoms with E-state index in [1.165, 1.54) is 37.7 Å². The molecule has 3 unspecified atom stereocenters. The standard InChI is InChI=1S/C20H30O/c1-12-11-20(3)13(2)4-9-18(20)17-7-5-14-10-15(21)6-8-16(14)19(12)17/h10,12-13,16-19H,4-9,11H2,1-3H3/t12-,13-,16-,17?,18?,19?,20+/m0/s1. The van der Waals surface area contributed by atoms with Gasteiger partial charge in [0.05, 0.1) is 0 Å². The summed E-state index contributed by atoms with van der Waals surface area (Å²) in [5.41, 5.74) is 2.13. The molecule has 3 fully saturated rings. The van der Waals surface area contributed by atoms with Crippen molar-refractivity contribution in [3.63, 3.8) is 0 Å². The summed E-state index contributed by atoms with van der Waals surface area (Å²) in [6.07, 6.45) is 10.9. The number of allylic oxidation sites excluding steroid dienone is 1. The van der Waals surface area contributed by atoms with E-state index < -0.39 is 0 Å². The summed E-state index contributed by atoms with van der Waals surface area (Å²) in [5.74, 6) is 5.68. The highest BCUT2D eigenvalue weighted by Gasteiger charge is 2.57. The van der Waals surface area contributed by atoms with E-state index in [9.17, 15) is 4.79 Å². The Morgan fingerprint density at radius 3 is 2.71 bits per heavy atom. The molecular formula is C20H30O. The molecule has 0 aromatic carbocycles. The lowest BCUT2D eigenvalue weighted by Gasteiger charge is -2.56. The average molecular weight is 286 g/mol. The monoisotopic (exact) mass is 286 g/mol. The average Bonchev–Trinajstić information content (AvgIpc) is 2.74. The number of carbonyl (C=O) groups is 1. The van der Waals surface area contributed by atoms with Crippen LogP contribution in [-0.2, 0) is 4.79 Å². The SMILES string of the molecule is C[C@H]1C[C@@]2(C)C(CC[C@@H]2C)C2CCC3=CC(=O)CC[C@@H]3C21. The van der Waals surface area contributed by atoms with Crippen molar-refractivity contribution in [2.45, 2.75) is 65.7 Å². The molecule has 4 aliphatic rings. The molecule has 1 heteroatoms. The van der Waals surface area contributed by atoms with Gasteiger partial charge in [-0.15, -0.1) is 0 Å². The Balaban J connectivity index is 1.68. The summed E-state index contributed by atoms with van der Waals surface area (Å²) < 4.78 is 0. The molecule has 0 amide bonds. The van der Waals surface area contributed by atoms with Crippen LogP contribution in [0.3, 0.4) is 0 Å². The van der Waals surface area contributed by atoms with Crippen LogP contribution in [0.15, 0.2) is 11.6 Å². The topological polar surface area (TPSA) is 17.1 Å². The lowest BCUT2D eigenvalue weighted by molar-refractivity contribution is -0.116. The van der Waals surface area contributed by atoms with Crippen LogP contribution in [0.2, 0.25) is 0 Å². The molecule has 0 N–H and O–H groups in total. The van der Waals surface area contributed by atoms with E-state index in [2.05, 4.69) is 20.8 Å². The van der Waals surface area contributed by atoms with Crippen molar-refractivity contribution in [1.29, 1.82) is 0 Å². The minimum absolute atomic E-state index is 0.391. The van der Waals surface area contributed by atoms with Gasteiger partial charge in [0.2, 0.25) is 0 Å². The van der Waals surface area contributed by atoms with Gasteiger partial charge in [-0.1, -0.05) is 26.3 Å². The predicted molar refractivity (Wildman–Crippen MR) is 85.8 cm³/mol. The van der Waals surface area contributed by atoms with Crippen LogP contribution in [0.4, 0.5) is 0 Å². The zero-order valence-electron chi connectivity index (χ0n) is 13.9. The number of hydrogen-bond donors (Lipinski definition) is 0. The van der Waals surface area contributed by atoms with Gasteiger partial charge in [0, 0.05) is 6.42 Å². The molecule has 7 atom stereocenters. The van der Waals surface area contributed by atoms with Gasteiger partial charge in [0.25, 0.3) is 0 Å². The van der Waals surface area contributed by atoms with Crippen molar-refractivity contribution < 1.29 is 4.79 Å². The molecule has 1 nitrogen and oxygen atoms in total. The summed E-state index contributed by atoms with van der Waals surface area (Å²) in [7, 11) is 0. The zero-order chi connectivity index (χ0) is 14.8. The second-order valence-electron chi connectivity index (χ2n) is 8.88. The van der Waals surface area contributed by atoms with E-state index in [4.69, 9.17) is 0 Å². The molecular weight excluding hydrogens is 256 g/mol. The van der Waals surface area contributed by atoms with Gasteiger partial charge in [-0.2, -0.15) is 0 Å². The Labute approximate surface area is 129 Å². The van der Waals surface area contributed by atoms with Crippen LogP contribution in [0, 0.1) is 40.9 Å². The van der Waals surface area contributed by atoms with Gasteiger partial charge in [0.1, 0.15) is 0 Å². The van der Waals surface area contributed by atoms with Crippen LogP contribution in [0.5, 0.6) is 0 Å². The Morgan fingerprint density at radius 1 is 1.10 bits per heavy atom. The fourth-order valence-corrected chi connectivity index (χ4v) is 7.02. The smallest absolute Gasteiger partial charge is 0.155 e. The second kappa shape index (κ2) is 4.70. The number of carbonyl (C=O) groups excluding carboxylic acids is 1. The Kier molecular flexibility index (Phi) is 3.14. The fourth-order valence-electron chi connectivity index (χ4n) is 7.02. The maximum atomic E-state index is 11.8. The molecule has 116 valence electrons. The maximum Gasteiger partial charge on any atom is 0.155 e. The molecule has 4 aliphatic carbocycles. The minimum atomic E-state index is 0.391. The summed E-state index contributed by atoms with van der Waals surface area (Å²) in [6.45, 7) is 7.61. The molecule has 0 spiro atoms. The molecule has 4 rings (SSSR count). The first-order valence-corrected chi connectivity index (χ1v) is 9.24. The fraction of sp³-hybridized carbons (Fsp3) is 0.850. The summed E-state index contributed by atoms with van der Waals surface area (Å²) in [5, 5.41) is 0. The van der Waals surface area contributed by atoms with Gasteiger partial charge in [-0.25, -0.2) is 0 Å². The first kappa shape index (κ1) is 14.0. The molecule has 0 heterocycles. The van der Waals surface area contributed by atoms with E-state index in [1.807, 2.05) is 6.08 Å². The first-order chi connectivity index (χ1) is 10.0. The molecule has 21 heavy (non-hydrogen) atoms. The van der Waals surface area contributed by atoms with Crippen LogP contribution >= 0.6 is 0 Å². The van der Waals surface area contributed by atoms with Crippen LogP contribution in [0.25, 0.3) is 0 Å². The van der Waals surface area contributed by atoms with E-state index in [1.54, 1.807) is 0 Å². The van der Waals surface area contributed by atoms with Crippen molar-refractivity contribution in [1.82, 2.24) is 0 Å². The highest BCUT2D eigenvalue weighted by Crippen LogP contribution is 2.64. The molecule has 0 saturated heterocycles. The highest BCUT2D eigenvalue weighted by molar-refractivity contribution is 5.91. The van der Waals surface area contributed by atoms with Crippen molar-refractivity contribution >= 4 is 5.78 Å². The Bertz CT molecular complexity index is 490. The second-order valence-corrected chi connectivity index (χ2v) is 8.88. The summed E-state index contributed by atoms with van der Waals surface area (Å²) in [4.78, 5) is 11.8. The van der Waals surface area contributed by atoms with Crippen molar-refractivity contribution in [3.8, 4) is 0 Å². The molecule has 3 saturated carbocycles. The lowest BCUT2D eigenvalue weighted by Crippen LogP contribution is -2.49. The molecule has 0 aliphatic heterocycles. The van der Waals surface area contributed by atoms with E-state index in [0.717, 1.165) is 48.3 Å². The third-order valence-corrected chi connectivity index (χ3v) is 8.07. The van der Waals surface area contributed by atoms with E-state index >= 15 is 0 Å². The van der Waals surface area contributed by atoms with Gasteiger partial charge < -0.3 is 0 Å². The summed E-state index contributed by atoms with van der Waals surface area (Å²) in [6, 6.07) is 0. The summed E-state index contributed by atoms with van der Waals surface area (Å²) >= 11 is 0. The third kappa shape index (κ3) is 1.92. The first-order valence-electron chi connectivity index (χ1n) is 9.24. The maximum absolute atomic E-state index is 11.8. The number of hydrogen-bond acceptors (Lipinski definition) is 1. The van der Waals surface area contributed by atoms with Gasteiger partial charge >= 0.3 is 0 Å². The quantitative estimate of drug-likeness (QED) is 0.611. The van der Waals surface area contributed by atoms with Crippen molar-refractivity contribution in [3.05, 3.63) is 11.6 Å². The molecule has 0 aromatic heterocycles. The normalized spacial score (nSPS) is 52.7. The van der Waals surface area contributed by atoms with Crippen LogP contribution in [-0.4, -0.2) is 5.78 Å². The van der Waals surface area contributed by atoms with Crippen molar-refractivity contribution in [2.24, 2.45) is 40.9 Å². The molecule has 0 bridgehead atoms. The number of fused-ring (bicyclic) bond motifs is 5. The van der Waals surface area contributed by atoms with Crippen molar-refractivity contribution in [2.75, 3.05) is 0 Å². The Morgan fingerprint density at radius 2 is 1.90 bits per heavy atom. The minimum Gasteiger partial charge on any atom is -0.295 e. The predicted octanol–water partition coefficient (Wildman–Crippen LogP) is 5.01. The molecule has 0 aromatic rings. The van der Waals surface area contributed by atoms with Crippen LogP contribution < -0.4 is 0 Å². The number of rotatable bonds is 0. The van der Waals surface area contributed by atoms with Gasteiger partial charge in [-0.3, -0.25) is 4.79 Å². The largest absolute Gasteiger partial charge is 0.295 e. The van der Waals surface area contributed by atoms with Gasteiger partial charge in [0.15, 0.2) is 5.78 Å².